The topological polar surface area (TPSA) is 68.8 Å². The van der Waals surface area contributed by atoms with Crippen LogP contribution in [-0.4, -0.2) is 76.9 Å². The van der Waals surface area contributed by atoms with E-state index in [1.165, 1.54) is 43.7 Å². The molecule has 33 heavy (non-hydrogen) atoms. The van der Waals surface area contributed by atoms with Gasteiger partial charge in [0.05, 0.1) is 5.56 Å². The second kappa shape index (κ2) is 9.48. The summed E-state index contributed by atoms with van der Waals surface area (Å²) in [4.78, 5) is 34.8. The molecule has 3 aliphatic rings. The maximum absolute atomic E-state index is 12.8. The van der Waals surface area contributed by atoms with Crippen molar-refractivity contribution >= 4 is 17.8 Å². The molecule has 10 heteroatoms. The lowest BCUT2D eigenvalue weighted by Gasteiger charge is -2.39. The number of nitrogens with one attached hydrogen (secondary N) is 1. The van der Waals surface area contributed by atoms with E-state index in [1.54, 1.807) is 11.8 Å². The molecular formula is C23H32F3N5O2. The number of halogens is 3. The summed E-state index contributed by atoms with van der Waals surface area (Å²) in [6.07, 6.45) is 3.65. The number of rotatable bonds is 6. The molecule has 4 rings (SSSR count). The van der Waals surface area contributed by atoms with E-state index in [4.69, 9.17) is 0 Å². The molecule has 2 aliphatic heterocycles. The van der Waals surface area contributed by atoms with Crippen molar-refractivity contribution in [3.8, 4) is 0 Å². The number of hydrogen-bond acceptors (Lipinski definition) is 4. The van der Waals surface area contributed by atoms with Gasteiger partial charge in [0.15, 0.2) is 0 Å². The Kier molecular flexibility index (Phi) is 6.83. The second-order valence-electron chi connectivity index (χ2n) is 9.60. The maximum Gasteiger partial charge on any atom is 0.417 e. The number of unbranched alkanes of at least 4 members (excludes halogenated alkanes) is 1. The van der Waals surface area contributed by atoms with Crippen LogP contribution in [0.4, 0.5) is 23.8 Å². The smallest absolute Gasteiger partial charge is 0.339 e. The summed E-state index contributed by atoms with van der Waals surface area (Å²) in [5.41, 5.74) is -0.196. The zero-order chi connectivity index (χ0) is 23.6. The molecule has 2 saturated heterocycles. The van der Waals surface area contributed by atoms with Gasteiger partial charge in [0, 0.05) is 25.8 Å². The molecule has 7 nitrogen and oxygen atoms in total. The van der Waals surface area contributed by atoms with Gasteiger partial charge < -0.3 is 14.7 Å². The van der Waals surface area contributed by atoms with Crippen LogP contribution in [0.2, 0.25) is 0 Å². The fourth-order valence-corrected chi connectivity index (χ4v) is 4.81. The zero-order valence-electron chi connectivity index (χ0n) is 19.0. The minimum absolute atomic E-state index is 0.0143. The number of anilines is 1. The highest BCUT2D eigenvalue weighted by Crippen LogP contribution is 2.53. The van der Waals surface area contributed by atoms with Crippen molar-refractivity contribution in [1.29, 1.82) is 0 Å². The number of likely N-dealkylation sites (tertiary alicyclic amines) is 1. The van der Waals surface area contributed by atoms with Crippen LogP contribution in [0.1, 0.15) is 51.0 Å². The second-order valence-corrected chi connectivity index (χ2v) is 9.60. The number of aromatic nitrogens is 1. The van der Waals surface area contributed by atoms with Crippen LogP contribution in [0.5, 0.6) is 0 Å². The van der Waals surface area contributed by atoms with Crippen LogP contribution >= 0.6 is 0 Å². The Morgan fingerprint density at radius 3 is 2.39 bits per heavy atom. The van der Waals surface area contributed by atoms with Gasteiger partial charge in [0.1, 0.15) is 11.9 Å². The predicted molar refractivity (Wildman–Crippen MR) is 118 cm³/mol. The fourth-order valence-electron chi connectivity index (χ4n) is 4.81. The van der Waals surface area contributed by atoms with Crippen LogP contribution in [0.15, 0.2) is 18.3 Å². The molecule has 3 heterocycles. The van der Waals surface area contributed by atoms with Crippen molar-refractivity contribution in [2.75, 3.05) is 44.6 Å². The number of carbonyl (C=O) groups is 2. The van der Waals surface area contributed by atoms with Gasteiger partial charge in [-0.2, -0.15) is 13.2 Å². The van der Waals surface area contributed by atoms with Gasteiger partial charge in [0.25, 0.3) is 0 Å². The first-order valence-electron chi connectivity index (χ1n) is 11.8. The molecule has 1 saturated carbocycles. The molecule has 1 aromatic rings. The fraction of sp³-hybridized carbons (Fsp3) is 0.696. The molecule has 1 spiro atoms. The van der Waals surface area contributed by atoms with Crippen molar-refractivity contribution < 1.29 is 22.8 Å². The highest BCUT2D eigenvalue weighted by atomic mass is 19.4. The van der Waals surface area contributed by atoms with Crippen LogP contribution in [0, 0.1) is 5.41 Å². The third kappa shape index (κ3) is 5.77. The van der Waals surface area contributed by atoms with Gasteiger partial charge in [0.2, 0.25) is 5.91 Å². The number of nitrogens with zero attached hydrogens (tertiary/aromatic N) is 4. The molecule has 1 atom stereocenters. The highest BCUT2D eigenvalue weighted by Gasteiger charge is 2.44. The van der Waals surface area contributed by atoms with Gasteiger partial charge in [-0.3, -0.25) is 10.1 Å². The summed E-state index contributed by atoms with van der Waals surface area (Å²) in [7, 11) is 0. The Labute approximate surface area is 192 Å². The Hall–Kier alpha value is -2.36. The monoisotopic (exact) mass is 467 g/mol. The highest BCUT2D eigenvalue weighted by molar-refractivity contribution is 5.93. The van der Waals surface area contributed by atoms with Crippen molar-refractivity contribution in [2.45, 2.75) is 57.7 Å². The van der Waals surface area contributed by atoms with Crippen LogP contribution in [0.25, 0.3) is 0 Å². The largest absolute Gasteiger partial charge is 0.417 e. The van der Waals surface area contributed by atoms with Crippen LogP contribution in [-0.2, 0) is 11.0 Å². The van der Waals surface area contributed by atoms with E-state index < -0.39 is 23.8 Å². The lowest BCUT2D eigenvalue weighted by atomic mass is 9.93. The number of alkyl halides is 3. The predicted octanol–water partition coefficient (Wildman–Crippen LogP) is 3.82. The summed E-state index contributed by atoms with van der Waals surface area (Å²) >= 11 is 0. The minimum Gasteiger partial charge on any atom is -0.339 e. The Balaban J connectivity index is 1.19. The molecule has 1 aliphatic carbocycles. The molecule has 182 valence electrons. The summed E-state index contributed by atoms with van der Waals surface area (Å²) in [6, 6.07) is 0.797. The molecule has 0 bridgehead atoms. The van der Waals surface area contributed by atoms with Gasteiger partial charge in [-0.1, -0.05) is 0 Å². The molecule has 3 amide bonds. The zero-order valence-corrected chi connectivity index (χ0v) is 19.0. The lowest BCUT2D eigenvalue weighted by molar-refractivity contribution is -0.139. The van der Waals surface area contributed by atoms with E-state index in [0.717, 1.165) is 31.5 Å². The van der Waals surface area contributed by atoms with Crippen LogP contribution < -0.4 is 5.32 Å². The number of urea groups is 1. The molecule has 1 aromatic heterocycles. The van der Waals surface area contributed by atoms with E-state index in [-0.39, 0.29) is 11.7 Å². The normalized spacial score (nSPS) is 23.2. The molecule has 3 fully saturated rings. The number of carbonyl (C=O) groups excluding carboxylic acids is 2. The minimum atomic E-state index is -4.49. The van der Waals surface area contributed by atoms with Crippen molar-refractivity contribution in [3.63, 3.8) is 0 Å². The van der Waals surface area contributed by atoms with Crippen molar-refractivity contribution in [1.82, 2.24) is 19.7 Å². The van der Waals surface area contributed by atoms with Gasteiger partial charge in [-0.15, -0.1) is 0 Å². The average molecular weight is 468 g/mol. The molecule has 1 unspecified atom stereocenters. The number of piperidine rings is 1. The number of piperazine rings is 1. The number of pyridine rings is 1. The third-order valence-corrected chi connectivity index (χ3v) is 7.36. The number of amides is 3. The molecular weight excluding hydrogens is 435 g/mol. The third-order valence-electron chi connectivity index (χ3n) is 7.36. The first-order chi connectivity index (χ1) is 15.7. The Morgan fingerprint density at radius 2 is 1.79 bits per heavy atom. The Bertz CT molecular complexity index is 847. The first-order valence-corrected chi connectivity index (χ1v) is 11.8. The maximum atomic E-state index is 12.8. The molecule has 1 N–H and O–H groups in total. The van der Waals surface area contributed by atoms with E-state index in [9.17, 15) is 22.8 Å². The SMILES string of the molecule is CC1C(=O)N(CCCCN2CCC3(CC2)CC3)CCN1C(=O)Nc1ccc(C(F)(F)F)cn1. The van der Waals surface area contributed by atoms with Gasteiger partial charge in [-0.25, -0.2) is 9.78 Å². The lowest BCUT2D eigenvalue weighted by Crippen LogP contribution is -2.58. The summed E-state index contributed by atoms with van der Waals surface area (Å²) < 4.78 is 38.0. The van der Waals surface area contributed by atoms with E-state index in [1.807, 2.05) is 0 Å². The summed E-state index contributed by atoms with van der Waals surface area (Å²) in [6.45, 7) is 6.63. The van der Waals surface area contributed by atoms with Crippen LogP contribution in [0.3, 0.4) is 0 Å². The van der Waals surface area contributed by atoms with Crippen molar-refractivity contribution in [3.05, 3.63) is 23.9 Å². The summed E-state index contributed by atoms with van der Waals surface area (Å²) in [5.74, 6) is -0.0918. The molecule has 0 radical (unpaired) electrons. The average Bonchev–Trinajstić information content (AvgIpc) is 3.54. The summed E-state index contributed by atoms with van der Waals surface area (Å²) in [5, 5.41) is 2.49. The van der Waals surface area contributed by atoms with Gasteiger partial charge >= 0.3 is 12.2 Å². The number of hydrogen-bond donors (Lipinski definition) is 1. The quantitative estimate of drug-likeness (QED) is 0.646. The van der Waals surface area contributed by atoms with E-state index in [2.05, 4.69) is 15.2 Å². The molecule has 0 aromatic carbocycles. The Morgan fingerprint density at radius 1 is 1.09 bits per heavy atom. The van der Waals surface area contributed by atoms with E-state index in [0.29, 0.717) is 31.2 Å². The van der Waals surface area contributed by atoms with E-state index >= 15 is 0 Å². The van der Waals surface area contributed by atoms with Gasteiger partial charge in [-0.05, 0) is 82.6 Å². The standard InChI is InChI=1S/C23H32F3N5O2/c1-17-20(32)30(11-3-2-10-29-12-8-22(6-7-22)9-13-29)14-15-31(17)21(33)28-19-5-4-18(16-27-19)23(24,25)26/h4-5,16-17H,2-3,6-15H2,1H3,(H,27,28,33). The van der Waals surface area contributed by atoms with Crippen molar-refractivity contribution in [2.24, 2.45) is 5.41 Å². The first kappa shape index (κ1) is 23.8.